The van der Waals surface area contributed by atoms with Gasteiger partial charge in [0.15, 0.2) is 0 Å². The Balaban J connectivity index is 2.60. The molecule has 0 saturated heterocycles. The minimum atomic E-state index is -0.413. The van der Waals surface area contributed by atoms with Crippen molar-refractivity contribution in [2.24, 2.45) is 0 Å². The minimum Gasteiger partial charge on any atom is -0.469 e. The minimum absolute atomic E-state index is 0.0651. The van der Waals surface area contributed by atoms with Crippen molar-refractivity contribution in [2.45, 2.75) is 76.3 Å². The molecule has 122 valence electrons. The average molecular weight is 298 g/mol. The lowest BCUT2D eigenvalue weighted by molar-refractivity contribution is -0.143. The number of amides is 1. The summed E-state index contributed by atoms with van der Waals surface area (Å²) in [6.07, 6.45) is 7.51. The molecule has 0 atom stereocenters. The van der Waals surface area contributed by atoms with Crippen LogP contribution in [0, 0.1) is 0 Å². The highest BCUT2D eigenvalue weighted by molar-refractivity contribution is 5.78. The van der Waals surface area contributed by atoms with Gasteiger partial charge in [0.2, 0.25) is 5.91 Å². The van der Waals surface area contributed by atoms with Gasteiger partial charge < -0.3 is 15.4 Å². The Morgan fingerprint density at radius 2 is 1.90 bits per heavy atom. The lowest BCUT2D eigenvalue weighted by Crippen LogP contribution is -2.53. The van der Waals surface area contributed by atoms with Gasteiger partial charge in [-0.05, 0) is 39.2 Å². The summed E-state index contributed by atoms with van der Waals surface area (Å²) in [6, 6.07) is 0.479. The Morgan fingerprint density at radius 3 is 2.43 bits per heavy atom. The van der Waals surface area contributed by atoms with E-state index in [0.717, 1.165) is 44.9 Å². The molecule has 5 nitrogen and oxygen atoms in total. The molecule has 0 aliphatic heterocycles. The Labute approximate surface area is 128 Å². The van der Waals surface area contributed by atoms with E-state index in [-0.39, 0.29) is 18.3 Å². The van der Waals surface area contributed by atoms with Crippen molar-refractivity contribution in [3.05, 3.63) is 0 Å². The second-order valence-electron chi connectivity index (χ2n) is 6.10. The van der Waals surface area contributed by atoms with Gasteiger partial charge in [0.05, 0.1) is 19.1 Å². The molecule has 21 heavy (non-hydrogen) atoms. The van der Waals surface area contributed by atoms with Crippen molar-refractivity contribution >= 4 is 11.9 Å². The van der Waals surface area contributed by atoms with Crippen molar-refractivity contribution in [3.8, 4) is 0 Å². The third-order valence-electron chi connectivity index (χ3n) is 4.47. The summed E-state index contributed by atoms with van der Waals surface area (Å²) in [5, 5.41) is 6.41. The summed E-state index contributed by atoms with van der Waals surface area (Å²) in [4.78, 5) is 23.8. The number of methoxy groups -OCH3 is 1. The summed E-state index contributed by atoms with van der Waals surface area (Å²) in [7, 11) is 3.36. The summed E-state index contributed by atoms with van der Waals surface area (Å²) < 4.78 is 4.81. The van der Waals surface area contributed by atoms with Crippen LogP contribution in [0.3, 0.4) is 0 Å². The molecule has 0 radical (unpaired) electrons. The first kappa shape index (κ1) is 18.0. The summed E-state index contributed by atoms with van der Waals surface area (Å²) in [5.74, 6) is -0.179. The predicted molar refractivity (Wildman–Crippen MR) is 83.0 cm³/mol. The maximum Gasteiger partial charge on any atom is 0.307 e. The van der Waals surface area contributed by atoms with E-state index in [2.05, 4.69) is 17.6 Å². The van der Waals surface area contributed by atoms with Gasteiger partial charge in [-0.1, -0.05) is 19.8 Å². The fraction of sp³-hybridized carbons (Fsp3) is 0.875. The first-order chi connectivity index (χ1) is 10.0. The van der Waals surface area contributed by atoms with Crippen LogP contribution in [-0.4, -0.2) is 37.6 Å². The number of rotatable bonds is 8. The second-order valence-corrected chi connectivity index (χ2v) is 6.10. The molecule has 1 aliphatic rings. The SMILES string of the molecule is CCCCCC(=O)NC1(CC(=O)OC)CCC(NC)CC1. The van der Waals surface area contributed by atoms with Gasteiger partial charge in [0.1, 0.15) is 0 Å². The number of ether oxygens (including phenoxy) is 1. The number of esters is 1. The molecule has 1 aliphatic carbocycles. The third kappa shape index (κ3) is 6.04. The highest BCUT2D eigenvalue weighted by Gasteiger charge is 2.38. The van der Waals surface area contributed by atoms with Crippen LogP contribution in [0.1, 0.15) is 64.7 Å². The van der Waals surface area contributed by atoms with E-state index in [0.29, 0.717) is 12.5 Å². The Hall–Kier alpha value is -1.10. The zero-order valence-corrected chi connectivity index (χ0v) is 13.7. The van der Waals surface area contributed by atoms with Gasteiger partial charge in [-0.15, -0.1) is 0 Å². The molecule has 1 saturated carbocycles. The number of carbonyl (C=O) groups excluding carboxylic acids is 2. The predicted octanol–water partition coefficient (Wildman–Crippen LogP) is 2.15. The zero-order valence-electron chi connectivity index (χ0n) is 13.7. The monoisotopic (exact) mass is 298 g/mol. The molecule has 5 heteroatoms. The van der Waals surface area contributed by atoms with E-state index >= 15 is 0 Å². The van der Waals surface area contributed by atoms with E-state index < -0.39 is 5.54 Å². The fourth-order valence-corrected chi connectivity index (χ4v) is 3.05. The topological polar surface area (TPSA) is 67.4 Å². The van der Waals surface area contributed by atoms with Crippen LogP contribution in [0.15, 0.2) is 0 Å². The van der Waals surface area contributed by atoms with E-state index in [1.165, 1.54) is 7.11 Å². The molecule has 2 N–H and O–H groups in total. The molecular formula is C16H30N2O3. The van der Waals surface area contributed by atoms with Gasteiger partial charge >= 0.3 is 5.97 Å². The molecule has 1 amide bonds. The molecule has 0 aromatic rings. The number of nitrogens with one attached hydrogen (secondary N) is 2. The van der Waals surface area contributed by atoms with E-state index in [4.69, 9.17) is 4.74 Å². The molecule has 0 unspecified atom stereocenters. The standard InChI is InChI=1S/C16H30N2O3/c1-4-5-6-7-14(19)18-16(12-15(20)21-3)10-8-13(17-2)9-11-16/h13,17H,4-12H2,1-3H3,(H,18,19). The van der Waals surface area contributed by atoms with E-state index in [9.17, 15) is 9.59 Å². The van der Waals surface area contributed by atoms with Gasteiger partial charge in [0, 0.05) is 12.5 Å². The number of unbranched alkanes of at least 4 members (excludes halogenated alkanes) is 2. The average Bonchev–Trinajstić information content (AvgIpc) is 2.48. The molecule has 0 spiro atoms. The Bertz CT molecular complexity index is 336. The van der Waals surface area contributed by atoms with Crippen LogP contribution < -0.4 is 10.6 Å². The second kappa shape index (κ2) is 9.03. The Morgan fingerprint density at radius 1 is 1.24 bits per heavy atom. The number of carbonyl (C=O) groups is 2. The van der Waals surface area contributed by atoms with Gasteiger partial charge in [0.25, 0.3) is 0 Å². The van der Waals surface area contributed by atoms with Crippen LogP contribution in [0.4, 0.5) is 0 Å². The van der Waals surface area contributed by atoms with Crippen LogP contribution >= 0.6 is 0 Å². The van der Waals surface area contributed by atoms with Crippen LogP contribution in [0.25, 0.3) is 0 Å². The highest BCUT2D eigenvalue weighted by atomic mass is 16.5. The third-order valence-corrected chi connectivity index (χ3v) is 4.47. The lowest BCUT2D eigenvalue weighted by Gasteiger charge is -2.40. The Kier molecular flexibility index (Phi) is 7.72. The van der Waals surface area contributed by atoms with Gasteiger partial charge in [-0.25, -0.2) is 0 Å². The summed E-state index contributed by atoms with van der Waals surface area (Å²) >= 11 is 0. The van der Waals surface area contributed by atoms with Gasteiger partial charge in [-0.2, -0.15) is 0 Å². The lowest BCUT2D eigenvalue weighted by atomic mass is 9.77. The van der Waals surface area contributed by atoms with Crippen molar-refractivity contribution in [2.75, 3.05) is 14.2 Å². The molecule has 0 aromatic carbocycles. The van der Waals surface area contributed by atoms with Gasteiger partial charge in [-0.3, -0.25) is 9.59 Å². The molecular weight excluding hydrogens is 268 g/mol. The molecule has 1 rings (SSSR count). The largest absolute Gasteiger partial charge is 0.469 e. The van der Waals surface area contributed by atoms with E-state index in [1.807, 2.05) is 7.05 Å². The highest BCUT2D eigenvalue weighted by Crippen LogP contribution is 2.32. The van der Waals surface area contributed by atoms with Crippen molar-refractivity contribution in [3.63, 3.8) is 0 Å². The maximum absolute atomic E-state index is 12.1. The van der Waals surface area contributed by atoms with Crippen LogP contribution in [0.5, 0.6) is 0 Å². The number of hydrogen-bond donors (Lipinski definition) is 2. The first-order valence-electron chi connectivity index (χ1n) is 8.10. The molecule has 0 bridgehead atoms. The summed E-state index contributed by atoms with van der Waals surface area (Å²) in [6.45, 7) is 2.12. The van der Waals surface area contributed by atoms with Crippen LogP contribution in [-0.2, 0) is 14.3 Å². The molecule has 1 fully saturated rings. The van der Waals surface area contributed by atoms with Crippen molar-refractivity contribution in [1.29, 1.82) is 0 Å². The molecule has 0 aromatic heterocycles. The van der Waals surface area contributed by atoms with Crippen LogP contribution in [0.2, 0.25) is 0 Å². The quantitative estimate of drug-likeness (QED) is 0.532. The maximum atomic E-state index is 12.1. The smallest absolute Gasteiger partial charge is 0.307 e. The normalized spacial score (nSPS) is 25.4. The fourth-order valence-electron chi connectivity index (χ4n) is 3.05. The zero-order chi connectivity index (χ0) is 15.7. The summed E-state index contributed by atoms with van der Waals surface area (Å²) in [5.41, 5.74) is -0.413. The van der Waals surface area contributed by atoms with Crippen molar-refractivity contribution in [1.82, 2.24) is 10.6 Å². The molecule has 0 heterocycles. The van der Waals surface area contributed by atoms with E-state index in [1.54, 1.807) is 0 Å². The first-order valence-corrected chi connectivity index (χ1v) is 8.10. The van der Waals surface area contributed by atoms with Crippen molar-refractivity contribution < 1.29 is 14.3 Å². The number of hydrogen-bond acceptors (Lipinski definition) is 4.